The van der Waals surface area contributed by atoms with Crippen LogP contribution in [0.25, 0.3) is 0 Å². The summed E-state index contributed by atoms with van der Waals surface area (Å²) >= 11 is 5.97. The van der Waals surface area contributed by atoms with Gasteiger partial charge in [-0.25, -0.2) is 0 Å². The monoisotopic (exact) mass is 309 g/mol. The van der Waals surface area contributed by atoms with Crippen LogP contribution in [-0.4, -0.2) is 31.3 Å². The standard InChI is InChI=1S/C15H16ClNO4/c1-20-13-6-4-10(8-14(13)21-2)17-15(19)11-7-9(16)3-5-12(11)18/h4,6-9H,3,5H2,1-2H3,(H,17,19). The van der Waals surface area contributed by atoms with Gasteiger partial charge in [-0.15, -0.1) is 11.6 Å². The summed E-state index contributed by atoms with van der Waals surface area (Å²) in [6.45, 7) is 0. The number of carbonyl (C=O) groups is 2. The Morgan fingerprint density at radius 2 is 2.00 bits per heavy atom. The summed E-state index contributed by atoms with van der Waals surface area (Å²) in [7, 11) is 3.04. The Kier molecular flexibility index (Phi) is 4.85. The second-order valence-corrected chi connectivity index (χ2v) is 5.14. The molecule has 1 aromatic carbocycles. The number of rotatable bonds is 4. The van der Waals surface area contributed by atoms with Crippen LogP contribution in [0, 0.1) is 0 Å². The molecule has 1 N–H and O–H groups in total. The fourth-order valence-electron chi connectivity index (χ4n) is 2.08. The summed E-state index contributed by atoms with van der Waals surface area (Å²) < 4.78 is 10.3. The Labute approximate surface area is 127 Å². The molecule has 0 heterocycles. The number of benzene rings is 1. The Morgan fingerprint density at radius 1 is 1.29 bits per heavy atom. The highest BCUT2D eigenvalue weighted by Crippen LogP contribution is 2.30. The first kappa shape index (κ1) is 15.4. The molecule has 0 radical (unpaired) electrons. The fraction of sp³-hybridized carbons (Fsp3) is 0.333. The number of hydrogen-bond donors (Lipinski definition) is 1. The third-order valence-corrected chi connectivity index (χ3v) is 3.53. The quantitative estimate of drug-likeness (QED) is 0.685. The van der Waals surface area contributed by atoms with Crippen molar-refractivity contribution in [2.45, 2.75) is 18.2 Å². The Bertz CT molecular complexity index is 597. The van der Waals surface area contributed by atoms with Gasteiger partial charge < -0.3 is 14.8 Å². The molecule has 0 bridgehead atoms. The topological polar surface area (TPSA) is 64.6 Å². The van der Waals surface area contributed by atoms with E-state index in [1.54, 1.807) is 18.2 Å². The maximum absolute atomic E-state index is 12.1. The van der Waals surface area contributed by atoms with Gasteiger partial charge in [0.1, 0.15) is 0 Å². The number of allylic oxidation sites excluding steroid dienone is 1. The average Bonchev–Trinajstić information content (AvgIpc) is 2.49. The van der Waals surface area contributed by atoms with Crippen LogP contribution in [0.3, 0.4) is 0 Å². The summed E-state index contributed by atoms with van der Waals surface area (Å²) in [6.07, 6.45) is 2.36. The Morgan fingerprint density at radius 3 is 2.67 bits per heavy atom. The van der Waals surface area contributed by atoms with E-state index in [1.165, 1.54) is 20.3 Å². The van der Waals surface area contributed by atoms with Gasteiger partial charge in [0.2, 0.25) is 0 Å². The molecule has 1 aromatic rings. The summed E-state index contributed by atoms with van der Waals surface area (Å²) in [5, 5.41) is 2.38. The first-order valence-electron chi connectivity index (χ1n) is 6.47. The normalized spacial score (nSPS) is 18.0. The molecule has 0 aliphatic heterocycles. The molecule has 0 spiro atoms. The molecule has 21 heavy (non-hydrogen) atoms. The van der Waals surface area contributed by atoms with E-state index in [0.717, 1.165) is 0 Å². The van der Waals surface area contributed by atoms with Gasteiger partial charge in [0.25, 0.3) is 5.91 Å². The maximum Gasteiger partial charge on any atom is 0.258 e. The van der Waals surface area contributed by atoms with Gasteiger partial charge in [-0.05, 0) is 18.6 Å². The second-order valence-electron chi connectivity index (χ2n) is 4.58. The van der Waals surface area contributed by atoms with E-state index in [9.17, 15) is 9.59 Å². The number of ketones is 1. The molecule has 1 atom stereocenters. The van der Waals surface area contributed by atoms with E-state index in [1.807, 2.05) is 0 Å². The highest BCUT2D eigenvalue weighted by molar-refractivity contribution is 6.28. The smallest absolute Gasteiger partial charge is 0.258 e. The summed E-state index contributed by atoms with van der Waals surface area (Å²) in [5.41, 5.74) is 0.624. The Hall–Kier alpha value is -2.01. The van der Waals surface area contributed by atoms with Crippen molar-refractivity contribution < 1.29 is 19.1 Å². The Balaban J connectivity index is 2.18. The van der Waals surface area contributed by atoms with E-state index in [0.29, 0.717) is 30.0 Å². The summed E-state index contributed by atoms with van der Waals surface area (Å²) in [6, 6.07) is 4.98. The van der Waals surface area contributed by atoms with Crippen molar-refractivity contribution in [1.82, 2.24) is 0 Å². The third-order valence-electron chi connectivity index (χ3n) is 3.18. The lowest BCUT2D eigenvalue weighted by Crippen LogP contribution is -2.25. The molecule has 0 aromatic heterocycles. The van der Waals surface area contributed by atoms with Gasteiger partial charge in [0, 0.05) is 18.2 Å². The van der Waals surface area contributed by atoms with Crippen LogP contribution in [0.1, 0.15) is 12.8 Å². The molecular weight excluding hydrogens is 294 g/mol. The first-order valence-corrected chi connectivity index (χ1v) is 6.91. The van der Waals surface area contributed by atoms with E-state index in [4.69, 9.17) is 21.1 Å². The van der Waals surface area contributed by atoms with Crippen molar-refractivity contribution in [3.63, 3.8) is 0 Å². The lowest BCUT2D eigenvalue weighted by atomic mass is 9.97. The molecule has 0 saturated heterocycles. The van der Waals surface area contributed by atoms with Crippen LogP contribution in [-0.2, 0) is 9.59 Å². The van der Waals surface area contributed by atoms with Crippen molar-refractivity contribution in [1.29, 1.82) is 0 Å². The first-order chi connectivity index (χ1) is 10.0. The molecule has 0 fully saturated rings. The zero-order valence-corrected chi connectivity index (χ0v) is 12.6. The molecule has 5 nitrogen and oxygen atoms in total. The van der Waals surface area contributed by atoms with Crippen molar-refractivity contribution in [2.75, 3.05) is 19.5 Å². The van der Waals surface area contributed by atoms with Gasteiger partial charge in [-0.2, -0.15) is 0 Å². The number of Topliss-reactive ketones (excluding diaryl/α,β-unsaturated/α-hetero) is 1. The number of amides is 1. The SMILES string of the molecule is COc1ccc(NC(=O)C2=CC(Cl)CCC2=O)cc1OC. The largest absolute Gasteiger partial charge is 0.493 e. The predicted octanol–water partition coefficient (Wildman–Crippen LogP) is 2.54. The van der Waals surface area contributed by atoms with E-state index in [2.05, 4.69) is 5.32 Å². The van der Waals surface area contributed by atoms with Gasteiger partial charge in [-0.1, -0.05) is 6.08 Å². The van der Waals surface area contributed by atoms with Gasteiger partial charge >= 0.3 is 0 Å². The number of carbonyl (C=O) groups excluding carboxylic acids is 2. The third kappa shape index (κ3) is 3.55. The highest BCUT2D eigenvalue weighted by atomic mass is 35.5. The molecule has 1 aliphatic carbocycles. The number of anilines is 1. The molecule has 0 saturated carbocycles. The van der Waals surface area contributed by atoms with Crippen molar-refractivity contribution in [3.05, 3.63) is 29.8 Å². The highest BCUT2D eigenvalue weighted by Gasteiger charge is 2.24. The lowest BCUT2D eigenvalue weighted by molar-refractivity contribution is -0.120. The van der Waals surface area contributed by atoms with Gasteiger partial charge in [0.05, 0.1) is 25.2 Å². The molecule has 1 unspecified atom stereocenters. The van der Waals surface area contributed by atoms with Crippen LogP contribution in [0.2, 0.25) is 0 Å². The van der Waals surface area contributed by atoms with Crippen LogP contribution in [0.5, 0.6) is 11.5 Å². The molecule has 112 valence electrons. The number of halogens is 1. The van der Waals surface area contributed by atoms with Crippen molar-refractivity contribution >= 4 is 29.0 Å². The predicted molar refractivity (Wildman–Crippen MR) is 80.1 cm³/mol. The van der Waals surface area contributed by atoms with Crippen LogP contribution in [0.4, 0.5) is 5.69 Å². The lowest BCUT2D eigenvalue weighted by Gasteiger charge is -2.16. The zero-order chi connectivity index (χ0) is 15.4. The average molecular weight is 310 g/mol. The number of nitrogens with one attached hydrogen (secondary N) is 1. The van der Waals surface area contributed by atoms with E-state index >= 15 is 0 Å². The number of hydrogen-bond acceptors (Lipinski definition) is 4. The van der Waals surface area contributed by atoms with Crippen LogP contribution >= 0.6 is 11.6 Å². The van der Waals surface area contributed by atoms with Crippen molar-refractivity contribution in [2.24, 2.45) is 0 Å². The van der Waals surface area contributed by atoms with E-state index in [-0.39, 0.29) is 16.7 Å². The zero-order valence-electron chi connectivity index (χ0n) is 11.8. The van der Waals surface area contributed by atoms with Gasteiger partial charge in [-0.3, -0.25) is 9.59 Å². The summed E-state index contributed by atoms with van der Waals surface area (Å²) in [5.74, 6) is 0.404. The van der Waals surface area contributed by atoms with Crippen LogP contribution < -0.4 is 14.8 Å². The van der Waals surface area contributed by atoms with Gasteiger partial charge in [0.15, 0.2) is 17.3 Å². The molecule has 2 rings (SSSR count). The summed E-state index contributed by atoms with van der Waals surface area (Å²) in [4.78, 5) is 23.9. The maximum atomic E-state index is 12.1. The molecule has 1 aliphatic rings. The van der Waals surface area contributed by atoms with Crippen LogP contribution in [0.15, 0.2) is 29.8 Å². The van der Waals surface area contributed by atoms with E-state index < -0.39 is 5.91 Å². The van der Waals surface area contributed by atoms with Crippen molar-refractivity contribution in [3.8, 4) is 11.5 Å². The molecular formula is C15H16ClNO4. The minimum Gasteiger partial charge on any atom is -0.493 e. The second kappa shape index (κ2) is 6.63. The fourth-order valence-corrected chi connectivity index (χ4v) is 2.31. The number of ether oxygens (including phenoxy) is 2. The number of methoxy groups -OCH3 is 2. The molecule has 1 amide bonds. The minimum atomic E-state index is -0.461. The minimum absolute atomic E-state index is 0.107. The molecule has 6 heteroatoms. The number of alkyl halides is 1.